The molecule has 3 heteroatoms. The van der Waals surface area contributed by atoms with Gasteiger partial charge in [0.1, 0.15) is 0 Å². The highest BCUT2D eigenvalue weighted by atomic mass is 19.1. The molecule has 0 saturated heterocycles. The Balaban J connectivity index is 2.57. The van der Waals surface area contributed by atoms with E-state index in [0.717, 1.165) is 11.3 Å². The molecule has 0 aromatic carbocycles. The Kier molecular flexibility index (Phi) is 2.80. The van der Waals surface area contributed by atoms with E-state index in [1.807, 2.05) is 6.92 Å². The molecule has 1 rings (SSSR count). The minimum atomic E-state index is -0.471. The Labute approximate surface area is 71.1 Å². The van der Waals surface area contributed by atoms with Crippen LogP contribution in [0.2, 0.25) is 0 Å². The normalized spacial score (nSPS) is 9.50. The van der Waals surface area contributed by atoms with Gasteiger partial charge in [0.2, 0.25) is 5.95 Å². The molecule has 1 aromatic rings. The van der Waals surface area contributed by atoms with Crippen LogP contribution in [0.25, 0.3) is 0 Å². The Bertz CT molecular complexity index is 284. The van der Waals surface area contributed by atoms with Crippen LogP contribution < -0.4 is 5.32 Å². The third-order valence-corrected chi connectivity index (χ3v) is 1.32. The summed E-state index contributed by atoms with van der Waals surface area (Å²) >= 11 is 0. The lowest BCUT2D eigenvalue weighted by molar-refractivity contribution is 0.584. The van der Waals surface area contributed by atoms with Gasteiger partial charge >= 0.3 is 0 Å². The molecule has 0 spiro atoms. The fourth-order valence-electron chi connectivity index (χ4n) is 0.765. The van der Waals surface area contributed by atoms with Gasteiger partial charge in [-0.05, 0) is 13.0 Å². The molecule has 0 unspecified atom stereocenters. The van der Waals surface area contributed by atoms with Gasteiger partial charge in [0.25, 0.3) is 0 Å². The van der Waals surface area contributed by atoms with Crippen LogP contribution in [-0.4, -0.2) is 11.5 Å². The summed E-state index contributed by atoms with van der Waals surface area (Å²) in [6.45, 7) is 6.28. The molecule has 0 radical (unpaired) electrons. The topological polar surface area (TPSA) is 24.9 Å². The summed E-state index contributed by atoms with van der Waals surface area (Å²) in [6, 6.07) is 3.06. The van der Waals surface area contributed by atoms with Gasteiger partial charge in [-0.15, -0.1) is 0 Å². The molecule has 0 saturated carbocycles. The molecule has 1 heterocycles. The summed E-state index contributed by atoms with van der Waals surface area (Å²) < 4.78 is 12.5. The molecule has 1 aromatic heterocycles. The van der Waals surface area contributed by atoms with Crippen molar-refractivity contribution >= 4 is 5.69 Å². The third-order valence-electron chi connectivity index (χ3n) is 1.32. The van der Waals surface area contributed by atoms with Crippen LogP contribution in [0.1, 0.15) is 6.92 Å². The van der Waals surface area contributed by atoms with E-state index in [0.29, 0.717) is 6.54 Å². The quantitative estimate of drug-likeness (QED) is 0.550. The molecule has 0 atom stereocenters. The number of hydrogen-bond donors (Lipinski definition) is 1. The van der Waals surface area contributed by atoms with E-state index in [1.54, 1.807) is 6.07 Å². The first kappa shape index (κ1) is 8.71. The van der Waals surface area contributed by atoms with Crippen LogP contribution in [0, 0.1) is 5.95 Å². The number of pyridine rings is 1. The Hall–Kier alpha value is -1.38. The minimum Gasteiger partial charge on any atom is -0.381 e. The standard InChI is InChI=1S/C9H11FN2/c1-7(2)6-12-8-3-4-11-9(10)5-8/h3-5H,1,6H2,2H3,(H,11,12). The van der Waals surface area contributed by atoms with Crippen molar-refractivity contribution in [3.05, 3.63) is 36.4 Å². The first-order chi connectivity index (χ1) is 5.68. The van der Waals surface area contributed by atoms with Crippen molar-refractivity contribution in [3.8, 4) is 0 Å². The summed E-state index contributed by atoms with van der Waals surface area (Å²) in [7, 11) is 0. The fourth-order valence-corrected chi connectivity index (χ4v) is 0.765. The van der Waals surface area contributed by atoms with Gasteiger partial charge in [-0.25, -0.2) is 4.98 Å². The first-order valence-electron chi connectivity index (χ1n) is 3.68. The van der Waals surface area contributed by atoms with Crippen LogP contribution in [0.15, 0.2) is 30.5 Å². The number of nitrogens with one attached hydrogen (secondary N) is 1. The smallest absolute Gasteiger partial charge is 0.214 e. The maximum absolute atomic E-state index is 12.5. The maximum Gasteiger partial charge on any atom is 0.214 e. The zero-order valence-electron chi connectivity index (χ0n) is 6.97. The van der Waals surface area contributed by atoms with Crippen molar-refractivity contribution < 1.29 is 4.39 Å². The van der Waals surface area contributed by atoms with E-state index >= 15 is 0 Å². The van der Waals surface area contributed by atoms with Gasteiger partial charge in [-0.2, -0.15) is 4.39 Å². The molecular weight excluding hydrogens is 155 g/mol. The van der Waals surface area contributed by atoms with Crippen LogP contribution in [0.4, 0.5) is 10.1 Å². The molecule has 0 fully saturated rings. The highest BCUT2D eigenvalue weighted by molar-refractivity contribution is 5.42. The molecule has 12 heavy (non-hydrogen) atoms. The molecule has 0 bridgehead atoms. The summed E-state index contributed by atoms with van der Waals surface area (Å²) in [6.07, 6.45) is 1.43. The van der Waals surface area contributed by atoms with Crippen molar-refractivity contribution in [2.45, 2.75) is 6.92 Å². The average molecular weight is 166 g/mol. The van der Waals surface area contributed by atoms with Crippen LogP contribution in [0.5, 0.6) is 0 Å². The Morgan fingerprint density at radius 1 is 1.75 bits per heavy atom. The lowest BCUT2D eigenvalue weighted by Crippen LogP contribution is -2.02. The monoisotopic (exact) mass is 166 g/mol. The van der Waals surface area contributed by atoms with Gasteiger partial charge in [-0.3, -0.25) is 0 Å². The van der Waals surface area contributed by atoms with Crippen molar-refractivity contribution in [2.75, 3.05) is 11.9 Å². The molecule has 0 aliphatic carbocycles. The zero-order valence-corrected chi connectivity index (χ0v) is 6.97. The number of anilines is 1. The van der Waals surface area contributed by atoms with Gasteiger partial charge < -0.3 is 5.32 Å². The first-order valence-corrected chi connectivity index (χ1v) is 3.68. The Morgan fingerprint density at radius 2 is 2.50 bits per heavy atom. The molecule has 2 nitrogen and oxygen atoms in total. The Morgan fingerprint density at radius 3 is 3.08 bits per heavy atom. The molecule has 64 valence electrons. The van der Waals surface area contributed by atoms with Crippen molar-refractivity contribution in [3.63, 3.8) is 0 Å². The van der Waals surface area contributed by atoms with E-state index < -0.39 is 5.95 Å². The predicted molar refractivity (Wildman–Crippen MR) is 47.5 cm³/mol. The van der Waals surface area contributed by atoms with Gasteiger partial charge in [0, 0.05) is 24.5 Å². The van der Waals surface area contributed by atoms with Crippen molar-refractivity contribution in [1.29, 1.82) is 0 Å². The number of rotatable bonds is 3. The van der Waals surface area contributed by atoms with Crippen LogP contribution in [0.3, 0.4) is 0 Å². The van der Waals surface area contributed by atoms with Crippen molar-refractivity contribution in [2.24, 2.45) is 0 Å². The second-order valence-corrected chi connectivity index (χ2v) is 2.68. The number of aromatic nitrogens is 1. The van der Waals surface area contributed by atoms with E-state index in [2.05, 4.69) is 16.9 Å². The van der Waals surface area contributed by atoms with Crippen LogP contribution in [-0.2, 0) is 0 Å². The zero-order chi connectivity index (χ0) is 8.97. The second-order valence-electron chi connectivity index (χ2n) is 2.68. The van der Waals surface area contributed by atoms with Gasteiger partial charge in [-0.1, -0.05) is 12.2 Å². The number of hydrogen-bond acceptors (Lipinski definition) is 2. The minimum absolute atomic E-state index is 0.471. The molecule has 1 N–H and O–H groups in total. The summed E-state index contributed by atoms with van der Waals surface area (Å²) in [5.41, 5.74) is 1.73. The lowest BCUT2D eigenvalue weighted by Gasteiger charge is -2.04. The predicted octanol–water partition coefficient (Wildman–Crippen LogP) is 2.21. The third kappa shape index (κ3) is 2.70. The average Bonchev–Trinajstić information content (AvgIpc) is 2.01. The van der Waals surface area contributed by atoms with Crippen LogP contribution >= 0.6 is 0 Å². The van der Waals surface area contributed by atoms with E-state index in [1.165, 1.54) is 12.3 Å². The maximum atomic E-state index is 12.5. The molecule has 0 aliphatic rings. The lowest BCUT2D eigenvalue weighted by atomic mass is 10.3. The summed E-state index contributed by atoms with van der Waals surface area (Å²) in [5, 5.41) is 3.01. The van der Waals surface area contributed by atoms with Gasteiger partial charge in [0.15, 0.2) is 0 Å². The summed E-state index contributed by atoms with van der Waals surface area (Å²) in [4.78, 5) is 3.44. The summed E-state index contributed by atoms with van der Waals surface area (Å²) in [5.74, 6) is -0.471. The highest BCUT2D eigenvalue weighted by Gasteiger charge is 1.93. The van der Waals surface area contributed by atoms with E-state index in [-0.39, 0.29) is 0 Å². The SMILES string of the molecule is C=C(C)CNc1ccnc(F)c1. The number of halogens is 1. The second kappa shape index (κ2) is 3.85. The molecule has 0 aliphatic heterocycles. The fraction of sp³-hybridized carbons (Fsp3) is 0.222. The number of nitrogens with zero attached hydrogens (tertiary/aromatic N) is 1. The molecule has 0 amide bonds. The molecular formula is C9H11FN2. The van der Waals surface area contributed by atoms with Gasteiger partial charge in [0.05, 0.1) is 0 Å². The van der Waals surface area contributed by atoms with E-state index in [9.17, 15) is 4.39 Å². The largest absolute Gasteiger partial charge is 0.381 e. The highest BCUT2D eigenvalue weighted by Crippen LogP contribution is 2.06. The van der Waals surface area contributed by atoms with Crippen molar-refractivity contribution in [1.82, 2.24) is 4.98 Å². The van der Waals surface area contributed by atoms with E-state index in [4.69, 9.17) is 0 Å².